The molecule has 0 saturated carbocycles. The number of fused-ring (bicyclic) bond motifs is 1. The Labute approximate surface area is 158 Å². The van der Waals surface area contributed by atoms with Crippen molar-refractivity contribution in [3.63, 3.8) is 0 Å². The number of benzene rings is 2. The van der Waals surface area contributed by atoms with Gasteiger partial charge in [0.2, 0.25) is 0 Å². The van der Waals surface area contributed by atoms with Crippen molar-refractivity contribution in [2.45, 2.75) is 13.1 Å². The lowest BCUT2D eigenvalue weighted by Gasteiger charge is -2.26. The molecule has 2 heterocycles. The summed E-state index contributed by atoms with van der Waals surface area (Å²) in [6, 6.07) is 15.9. The fourth-order valence-corrected chi connectivity index (χ4v) is 4.80. The predicted octanol–water partition coefficient (Wildman–Crippen LogP) is 2.97. The molecule has 2 aromatic carbocycles. The molecular formula is C19H20ClN3O2S. The first-order chi connectivity index (χ1) is 12.5. The van der Waals surface area contributed by atoms with Crippen LogP contribution in [0, 0.1) is 0 Å². The van der Waals surface area contributed by atoms with Gasteiger partial charge in [0.25, 0.3) is 0 Å². The molecule has 7 heteroatoms. The molecule has 0 bridgehead atoms. The smallest absolute Gasteiger partial charge is 0.152 e. The number of rotatable bonds is 4. The number of nitrogens with zero attached hydrogens (tertiary/aromatic N) is 3. The molecule has 3 aromatic rings. The molecule has 0 aliphatic carbocycles. The molecule has 0 amide bonds. The minimum Gasteiger partial charge on any atom is -0.322 e. The molecule has 4 rings (SSSR count). The van der Waals surface area contributed by atoms with Crippen LogP contribution >= 0.6 is 11.6 Å². The van der Waals surface area contributed by atoms with Gasteiger partial charge in [-0.05, 0) is 23.8 Å². The van der Waals surface area contributed by atoms with Gasteiger partial charge in [-0.15, -0.1) is 0 Å². The number of halogens is 1. The number of hydrogen-bond acceptors (Lipinski definition) is 4. The molecule has 1 aliphatic heterocycles. The van der Waals surface area contributed by atoms with Gasteiger partial charge >= 0.3 is 0 Å². The van der Waals surface area contributed by atoms with Gasteiger partial charge in [0.15, 0.2) is 9.84 Å². The summed E-state index contributed by atoms with van der Waals surface area (Å²) in [5, 5.41) is 0.736. The quantitative estimate of drug-likeness (QED) is 0.688. The molecule has 0 N–H and O–H groups in total. The third kappa shape index (κ3) is 3.63. The molecule has 26 heavy (non-hydrogen) atoms. The fourth-order valence-electron chi connectivity index (χ4n) is 3.33. The van der Waals surface area contributed by atoms with Gasteiger partial charge in [0.1, 0.15) is 5.82 Å². The number of para-hydroxylation sites is 2. The van der Waals surface area contributed by atoms with Gasteiger partial charge in [0, 0.05) is 18.1 Å². The standard InChI is InChI=1S/C19H20ClN3O2S/c20-16-6-2-1-5-15(16)13-23-18-8-4-3-7-17(18)21-19(23)14-22-9-11-26(24,25)12-10-22/h1-8H,9-14H2. The molecule has 1 aliphatic rings. The lowest BCUT2D eigenvalue weighted by atomic mass is 10.2. The first-order valence-electron chi connectivity index (χ1n) is 8.62. The average Bonchev–Trinajstić information content (AvgIpc) is 2.96. The zero-order chi connectivity index (χ0) is 18.1. The minimum absolute atomic E-state index is 0.220. The molecule has 136 valence electrons. The van der Waals surface area contributed by atoms with E-state index < -0.39 is 9.84 Å². The molecule has 0 spiro atoms. The van der Waals surface area contributed by atoms with E-state index in [1.54, 1.807) is 0 Å². The monoisotopic (exact) mass is 389 g/mol. The van der Waals surface area contributed by atoms with Crippen molar-refractivity contribution in [2.24, 2.45) is 0 Å². The van der Waals surface area contributed by atoms with Crippen LogP contribution in [0.5, 0.6) is 0 Å². The maximum atomic E-state index is 11.7. The predicted molar refractivity (Wildman–Crippen MR) is 104 cm³/mol. The van der Waals surface area contributed by atoms with Gasteiger partial charge in [-0.2, -0.15) is 0 Å². The average molecular weight is 390 g/mol. The van der Waals surface area contributed by atoms with Crippen molar-refractivity contribution in [3.05, 3.63) is 64.9 Å². The van der Waals surface area contributed by atoms with Crippen molar-refractivity contribution in [1.82, 2.24) is 14.5 Å². The van der Waals surface area contributed by atoms with Gasteiger partial charge in [-0.25, -0.2) is 13.4 Å². The van der Waals surface area contributed by atoms with E-state index in [9.17, 15) is 8.42 Å². The lowest BCUT2D eigenvalue weighted by molar-refractivity contribution is 0.277. The summed E-state index contributed by atoms with van der Waals surface area (Å²) >= 11 is 6.36. The van der Waals surface area contributed by atoms with E-state index in [1.807, 2.05) is 42.5 Å². The number of imidazole rings is 1. The van der Waals surface area contributed by atoms with Crippen molar-refractivity contribution >= 4 is 32.5 Å². The van der Waals surface area contributed by atoms with E-state index in [2.05, 4.69) is 15.5 Å². The Balaban J connectivity index is 1.67. The number of hydrogen-bond donors (Lipinski definition) is 0. The van der Waals surface area contributed by atoms with E-state index in [4.69, 9.17) is 16.6 Å². The van der Waals surface area contributed by atoms with E-state index >= 15 is 0 Å². The second-order valence-corrected chi connectivity index (χ2v) is 9.33. The summed E-state index contributed by atoms with van der Waals surface area (Å²) in [7, 11) is -2.88. The van der Waals surface area contributed by atoms with Crippen LogP contribution in [0.2, 0.25) is 5.02 Å². The van der Waals surface area contributed by atoms with Gasteiger partial charge in [-0.1, -0.05) is 41.9 Å². The molecule has 5 nitrogen and oxygen atoms in total. The first-order valence-corrected chi connectivity index (χ1v) is 10.8. The van der Waals surface area contributed by atoms with E-state index in [-0.39, 0.29) is 11.5 Å². The van der Waals surface area contributed by atoms with Gasteiger partial charge < -0.3 is 4.57 Å². The summed E-state index contributed by atoms with van der Waals surface area (Å²) in [4.78, 5) is 6.96. The largest absolute Gasteiger partial charge is 0.322 e. The summed E-state index contributed by atoms with van der Waals surface area (Å²) in [6.07, 6.45) is 0. The molecule has 0 atom stereocenters. The van der Waals surface area contributed by atoms with Crippen LogP contribution in [0.25, 0.3) is 11.0 Å². The SMILES string of the molecule is O=S1(=O)CCN(Cc2nc3ccccc3n2Cc2ccccc2Cl)CC1. The topological polar surface area (TPSA) is 55.2 Å². The van der Waals surface area contributed by atoms with Crippen molar-refractivity contribution in [3.8, 4) is 0 Å². The summed E-state index contributed by atoms with van der Waals surface area (Å²) in [6.45, 7) is 2.38. The fraction of sp³-hybridized carbons (Fsp3) is 0.316. The Morgan fingerprint density at radius 1 is 0.962 bits per heavy atom. The van der Waals surface area contributed by atoms with Crippen molar-refractivity contribution < 1.29 is 8.42 Å². The molecule has 0 radical (unpaired) electrons. The van der Waals surface area contributed by atoms with Crippen LogP contribution in [-0.2, 0) is 22.9 Å². The van der Waals surface area contributed by atoms with Crippen LogP contribution in [0.3, 0.4) is 0 Å². The molecule has 1 fully saturated rings. The summed E-state index contributed by atoms with van der Waals surface area (Å²) < 4.78 is 25.5. The molecular weight excluding hydrogens is 370 g/mol. The normalized spacial score (nSPS) is 17.6. The Morgan fingerprint density at radius 2 is 1.65 bits per heavy atom. The Kier molecular flexibility index (Phi) is 4.73. The van der Waals surface area contributed by atoms with Crippen LogP contribution in [-0.4, -0.2) is 47.5 Å². The van der Waals surface area contributed by atoms with Crippen molar-refractivity contribution in [2.75, 3.05) is 24.6 Å². The zero-order valence-electron chi connectivity index (χ0n) is 14.3. The third-order valence-corrected chi connectivity index (χ3v) is 6.80. The van der Waals surface area contributed by atoms with Crippen LogP contribution in [0.15, 0.2) is 48.5 Å². The minimum atomic E-state index is -2.88. The van der Waals surface area contributed by atoms with E-state index in [1.165, 1.54) is 0 Å². The molecule has 1 aromatic heterocycles. The first kappa shape index (κ1) is 17.5. The van der Waals surface area contributed by atoms with E-state index in [0.29, 0.717) is 26.2 Å². The highest BCUT2D eigenvalue weighted by molar-refractivity contribution is 7.91. The Hall–Kier alpha value is -1.89. The second kappa shape index (κ2) is 7.02. The second-order valence-electron chi connectivity index (χ2n) is 6.62. The van der Waals surface area contributed by atoms with Gasteiger partial charge in [-0.3, -0.25) is 4.90 Å². The summed E-state index contributed by atoms with van der Waals surface area (Å²) in [5.41, 5.74) is 3.05. The third-order valence-electron chi connectivity index (χ3n) is 4.82. The molecule has 0 unspecified atom stereocenters. The van der Waals surface area contributed by atoms with Gasteiger partial charge in [0.05, 0.1) is 35.6 Å². The number of aromatic nitrogens is 2. The number of sulfone groups is 1. The lowest BCUT2D eigenvalue weighted by Crippen LogP contribution is -2.40. The van der Waals surface area contributed by atoms with Crippen molar-refractivity contribution in [1.29, 1.82) is 0 Å². The highest BCUT2D eigenvalue weighted by Crippen LogP contribution is 2.23. The highest BCUT2D eigenvalue weighted by atomic mass is 35.5. The van der Waals surface area contributed by atoms with Crippen LogP contribution in [0.1, 0.15) is 11.4 Å². The Morgan fingerprint density at radius 3 is 2.42 bits per heavy atom. The van der Waals surface area contributed by atoms with Crippen LogP contribution < -0.4 is 0 Å². The Bertz CT molecular complexity index is 1030. The highest BCUT2D eigenvalue weighted by Gasteiger charge is 2.23. The van der Waals surface area contributed by atoms with E-state index in [0.717, 1.165) is 27.4 Å². The zero-order valence-corrected chi connectivity index (χ0v) is 15.9. The molecule has 1 saturated heterocycles. The van der Waals surface area contributed by atoms with Crippen LogP contribution in [0.4, 0.5) is 0 Å². The maximum Gasteiger partial charge on any atom is 0.152 e. The maximum absolute atomic E-state index is 11.7. The summed E-state index contributed by atoms with van der Waals surface area (Å²) in [5.74, 6) is 1.38.